The molecule has 0 saturated heterocycles. The van der Waals surface area contributed by atoms with Gasteiger partial charge in [-0.05, 0) is 19.8 Å². The second-order valence-electron chi connectivity index (χ2n) is 4.73. The number of nitrogens with one attached hydrogen (secondary N) is 1. The lowest BCUT2D eigenvalue weighted by Gasteiger charge is -2.30. The predicted octanol–water partition coefficient (Wildman–Crippen LogP) is 0.885. The molecule has 0 radical (unpaired) electrons. The van der Waals surface area contributed by atoms with Gasteiger partial charge in [0.1, 0.15) is 0 Å². The third-order valence-electron chi connectivity index (χ3n) is 3.68. The smallest absolute Gasteiger partial charge is 0.224 e. The van der Waals surface area contributed by atoms with E-state index in [0.29, 0.717) is 6.54 Å². The van der Waals surface area contributed by atoms with E-state index in [1.165, 1.54) is 0 Å². The number of hydrogen-bond donors (Lipinski definition) is 3. The van der Waals surface area contributed by atoms with Gasteiger partial charge in [0.15, 0.2) is 0 Å². The van der Waals surface area contributed by atoms with Crippen molar-refractivity contribution < 1.29 is 9.90 Å². The first kappa shape index (κ1) is 15.4. The Morgan fingerprint density at radius 3 is 2.19 bits per heavy atom. The lowest BCUT2D eigenvalue weighted by molar-refractivity contribution is -0.125. The molecule has 0 bridgehead atoms. The zero-order chi connectivity index (χ0) is 12.8. The Morgan fingerprint density at radius 1 is 1.38 bits per heavy atom. The number of aliphatic hydroxyl groups excluding tert-OH is 1. The monoisotopic (exact) mass is 230 g/mol. The molecule has 0 heterocycles. The molecule has 0 aliphatic heterocycles. The van der Waals surface area contributed by atoms with Gasteiger partial charge in [-0.15, -0.1) is 0 Å². The van der Waals surface area contributed by atoms with E-state index >= 15 is 0 Å². The quantitative estimate of drug-likeness (QED) is 0.608. The van der Waals surface area contributed by atoms with Gasteiger partial charge >= 0.3 is 0 Å². The Labute approximate surface area is 98.6 Å². The molecule has 1 amide bonds. The Hall–Kier alpha value is -0.610. The van der Waals surface area contributed by atoms with Crippen LogP contribution in [0.4, 0.5) is 0 Å². The highest BCUT2D eigenvalue weighted by Crippen LogP contribution is 2.24. The van der Waals surface area contributed by atoms with E-state index in [9.17, 15) is 9.90 Å². The summed E-state index contributed by atoms with van der Waals surface area (Å²) in [6.07, 6.45) is 1.71. The fourth-order valence-corrected chi connectivity index (χ4v) is 1.45. The van der Waals surface area contributed by atoms with E-state index < -0.39 is 0 Å². The van der Waals surface area contributed by atoms with Crippen molar-refractivity contribution in [3.05, 3.63) is 0 Å². The van der Waals surface area contributed by atoms with Crippen LogP contribution in [-0.2, 0) is 4.79 Å². The van der Waals surface area contributed by atoms with Gasteiger partial charge in [-0.1, -0.05) is 20.8 Å². The maximum atomic E-state index is 11.7. The Balaban J connectivity index is 4.26. The second-order valence-corrected chi connectivity index (χ2v) is 4.73. The molecule has 2 atom stereocenters. The summed E-state index contributed by atoms with van der Waals surface area (Å²) in [4.78, 5) is 11.7. The first-order chi connectivity index (χ1) is 7.42. The van der Waals surface area contributed by atoms with E-state index in [0.717, 1.165) is 12.8 Å². The van der Waals surface area contributed by atoms with Crippen LogP contribution in [0, 0.1) is 11.3 Å². The van der Waals surface area contributed by atoms with Crippen molar-refractivity contribution in [2.24, 2.45) is 17.1 Å². The molecule has 0 aliphatic rings. The molecule has 0 aromatic carbocycles. The van der Waals surface area contributed by atoms with E-state index in [1.54, 1.807) is 0 Å². The van der Waals surface area contributed by atoms with Crippen LogP contribution < -0.4 is 11.1 Å². The van der Waals surface area contributed by atoms with Crippen molar-refractivity contribution in [1.29, 1.82) is 0 Å². The molecular formula is C12H26N2O2. The molecule has 0 aromatic rings. The third kappa shape index (κ3) is 4.10. The number of carbonyl (C=O) groups is 1. The SMILES string of the molecule is CCC(CC)(CO)CNC(=O)C(C)C(C)N. The molecule has 0 fully saturated rings. The fraction of sp³-hybridized carbons (Fsp3) is 0.917. The minimum atomic E-state index is -0.190. The topological polar surface area (TPSA) is 75.3 Å². The molecule has 4 N–H and O–H groups in total. The number of nitrogens with two attached hydrogens (primary N) is 1. The maximum absolute atomic E-state index is 11.7. The normalized spacial score (nSPS) is 15.6. The van der Waals surface area contributed by atoms with Gasteiger partial charge in [0, 0.05) is 23.9 Å². The van der Waals surface area contributed by atoms with Gasteiger partial charge in [0.05, 0.1) is 6.61 Å². The van der Waals surface area contributed by atoms with Gasteiger partial charge in [-0.3, -0.25) is 4.79 Å². The summed E-state index contributed by atoms with van der Waals surface area (Å²) in [5.74, 6) is -0.222. The molecule has 16 heavy (non-hydrogen) atoms. The molecule has 4 nitrogen and oxygen atoms in total. The molecule has 0 spiro atoms. The van der Waals surface area contributed by atoms with Gasteiger partial charge in [-0.2, -0.15) is 0 Å². The molecule has 0 saturated carbocycles. The average molecular weight is 230 g/mol. The molecule has 0 rings (SSSR count). The summed E-state index contributed by atoms with van der Waals surface area (Å²) in [5.41, 5.74) is 5.48. The highest BCUT2D eigenvalue weighted by molar-refractivity contribution is 5.78. The Morgan fingerprint density at radius 2 is 1.88 bits per heavy atom. The highest BCUT2D eigenvalue weighted by atomic mass is 16.3. The van der Waals surface area contributed by atoms with Crippen molar-refractivity contribution in [2.75, 3.05) is 13.2 Å². The standard InChI is InChI=1S/C12H26N2O2/c1-5-12(6-2,8-15)7-14-11(16)9(3)10(4)13/h9-10,15H,5-8,13H2,1-4H3,(H,14,16). The highest BCUT2D eigenvalue weighted by Gasteiger charge is 2.27. The van der Waals surface area contributed by atoms with Crippen molar-refractivity contribution in [3.8, 4) is 0 Å². The third-order valence-corrected chi connectivity index (χ3v) is 3.68. The maximum Gasteiger partial charge on any atom is 0.224 e. The summed E-state index contributed by atoms with van der Waals surface area (Å²) in [7, 11) is 0. The van der Waals surface area contributed by atoms with Crippen LogP contribution in [0.3, 0.4) is 0 Å². The van der Waals surface area contributed by atoms with E-state index in [4.69, 9.17) is 5.73 Å². The van der Waals surface area contributed by atoms with Crippen molar-refractivity contribution in [1.82, 2.24) is 5.32 Å². The zero-order valence-corrected chi connectivity index (χ0v) is 10.9. The lowest BCUT2D eigenvalue weighted by Crippen LogP contribution is -2.44. The second kappa shape index (κ2) is 6.86. The molecule has 4 heteroatoms. The average Bonchev–Trinajstić information content (AvgIpc) is 2.30. The summed E-state index contributed by atoms with van der Waals surface area (Å²) in [6.45, 7) is 8.32. The van der Waals surface area contributed by atoms with Crippen LogP contribution in [0.1, 0.15) is 40.5 Å². The number of aliphatic hydroxyl groups is 1. The molecule has 0 aromatic heterocycles. The number of hydrogen-bond acceptors (Lipinski definition) is 3. The van der Waals surface area contributed by atoms with Crippen molar-refractivity contribution in [3.63, 3.8) is 0 Å². The number of carbonyl (C=O) groups excluding carboxylic acids is 1. The number of amides is 1. The molecular weight excluding hydrogens is 204 g/mol. The van der Waals surface area contributed by atoms with Crippen LogP contribution >= 0.6 is 0 Å². The van der Waals surface area contributed by atoms with Gasteiger partial charge < -0.3 is 16.2 Å². The summed E-state index contributed by atoms with van der Waals surface area (Å²) >= 11 is 0. The van der Waals surface area contributed by atoms with E-state index in [2.05, 4.69) is 5.32 Å². The van der Waals surface area contributed by atoms with Gasteiger partial charge in [-0.25, -0.2) is 0 Å². The van der Waals surface area contributed by atoms with Crippen LogP contribution in [0.15, 0.2) is 0 Å². The Bertz CT molecular complexity index is 205. The van der Waals surface area contributed by atoms with Crippen LogP contribution in [0.25, 0.3) is 0 Å². The minimum Gasteiger partial charge on any atom is -0.396 e. The lowest BCUT2D eigenvalue weighted by atomic mass is 9.83. The van der Waals surface area contributed by atoms with Crippen LogP contribution in [0.5, 0.6) is 0 Å². The fourth-order valence-electron chi connectivity index (χ4n) is 1.45. The van der Waals surface area contributed by atoms with Crippen molar-refractivity contribution in [2.45, 2.75) is 46.6 Å². The molecule has 96 valence electrons. The molecule has 2 unspecified atom stereocenters. The van der Waals surface area contributed by atoms with Crippen LogP contribution in [0.2, 0.25) is 0 Å². The first-order valence-electron chi connectivity index (χ1n) is 6.06. The van der Waals surface area contributed by atoms with E-state index in [-0.39, 0.29) is 29.9 Å². The summed E-state index contributed by atoms with van der Waals surface area (Å²) in [5, 5.41) is 12.2. The van der Waals surface area contributed by atoms with Crippen molar-refractivity contribution >= 4 is 5.91 Å². The number of rotatable bonds is 7. The Kier molecular flexibility index (Phi) is 6.60. The van der Waals surface area contributed by atoms with Gasteiger partial charge in [0.2, 0.25) is 5.91 Å². The van der Waals surface area contributed by atoms with Crippen LogP contribution in [-0.4, -0.2) is 30.2 Å². The summed E-state index contributed by atoms with van der Waals surface area (Å²) in [6, 6.07) is -0.147. The van der Waals surface area contributed by atoms with E-state index in [1.807, 2.05) is 27.7 Å². The van der Waals surface area contributed by atoms with Gasteiger partial charge in [0.25, 0.3) is 0 Å². The zero-order valence-electron chi connectivity index (χ0n) is 10.9. The predicted molar refractivity (Wildman–Crippen MR) is 65.9 cm³/mol. The molecule has 0 aliphatic carbocycles. The first-order valence-corrected chi connectivity index (χ1v) is 6.06. The minimum absolute atomic E-state index is 0.0327. The largest absolute Gasteiger partial charge is 0.396 e. The summed E-state index contributed by atoms with van der Waals surface area (Å²) < 4.78 is 0.